The summed E-state index contributed by atoms with van der Waals surface area (Å²) in [6, 6.07) is 11.9. The monoisotopic (exact) mass is 376 g/mol. The minimum atomic E-state index is -3.61. The number of benzene rings is 2. The highest BCUT2D eigenvalue weighted by Gasteiger charge is 2.20. The van der Waals surface area contributed by atoms with Crippen LogP contribution in [0.15, 0.2) is 53.4 Å². The maximum Gasteiger partial charge on any atom is 0.316 e. The first kappa shape index (κ1) is 19.4. The van der Waals surface area contributed by atoms with Crippen LogP contribution in [0.4, 0.5) is 10.5 Å². The number of sulfonamides is 1. The highest BCUT2D eigenvalue weighted by Crippen LogP contribution is 2.18. The molecule has 26 heavy (non-hydrogen) atoms. The second kappa shape index (κ2) is 7.98. The third-order valence-corrected chi connectivity index (χ3v) is 5.50. The lowest BCUT2D eigenvalue weighted by molar-refractivity contribution is 0.0950. The highest BCUT2D eigenvalue weighted by molar-refractivity contribution is 7.89. The normalized spacial score (nSPS) is 11.2. The molecule has 0 unspecified atom stereocenters. The zero-order valence-corrected chi connectivity index (χ0v) is 15.2. The second-order valence-electron chi connectivity index (χ2n) is 5.64. The van der Waals surface area contributed by atoms with Crippen LogP contribution in [-0.2, 0) is 16.6 Å². The molecule has 0 spiro atoms. The Kier molecular flexibility index (Phi) is 5.96. The van der Waals surface area contributed by atoms with Crippen molar-refractivity contribution in [2.75, 3.05) is 19.4 Å². The quantitative estimate of drug-likeness (QED) is 0.704. The first-order valence-corrected chi connectivity index (χ1v) is 9.11. The summed E-state index contributed by atoms with van der Waals surface area (Å²) in [5, 5.41) is 5.09. The molecule has 2 aromatic carbocycles. The molecule has 0 saturated carbocycles. The number of nitrogens with zero attached hydrogens (tertiary/aromatic N) is 1. The zero-order chi connectivity index (χ0) is 19.3. The van der Waals surface area contributed by atoms with Crippen molar-refractivity contribution in [1.82, 2.24) is 9.62 Å². The summed E-state index contributed by atoms with van der Waals surface area (Å²) >= 11 is 0. The Bertz CT molecular complexity index is 909. The molecular formula is C17H20N4O4S. The first-order chi connectivity index (χ1) is 12.2. The summed E-state index contributed by atoms with van der Waals surface area (Å²) in [6.07, 6.45) is 0. The Balaban J connectivity index is 2.12. The molecule has 2 aromatic rings. The molecule has 138 valence electrons. The number of carbonyl (C=O) groups excluding carboxylic acids is 2. The van der Waals surface area contributed by atoms with Gasteiger partial charge in [-0.1, -0.05) is 18.2 Å². The summed E-state index contributed by atoms with van der Waals surface area (Å²) in [7, 11) is -0.706. The van der Waals surface area contributed by atoms with Gasteiger partial charge < -0.3 is 16.4 Å². The molecule has 0 saturated heterocycles. The van der Waals surface area contributed by atoms with Gasteiger partial charge in [0.1, 0.15) is 0 Å². The number of nitrogens with two attached hydrogens (primary N) is 1. The SMILES string of the molecule is CN(C)S(=O)(=O)c1ccccc1CNC(=O)c1ccc(NC(N)=O)cc1. The van der Waals surface area contributed by atoms with E-state index < -0.39 is 16.1 Å². The van der Waals surface area contributed by atoms with E-state index in [0.29, 0.717) is 16.8 Å². The van der Waals surface area contributed by atoms with Crippen molar-refractivity contribution < 1.29 is 18.0 Å². The van der Waals surface area contributed by atoms with Gasteiger partial charge in [0.2, 0.25) is 10.0 Å². The van der Waals surface area contributed by atoms with Gasteiger partial charge in [-0.2, -0.15) is 0 Å². The number of nitrogens with one attached hydrogen (secondary N) is 2. The maximum absolute atomic E-state index is 12.4. The lowest BCUT2D eigenvalue weighted by Gasteiger charge is -2.15. The van der Waals surface area contributed by atoms with Crippen LogP contribution < -0.4 is 16.4 Å². The van der Waals surface area contributed by atoms with Crippen LogP contribution in [0.2, 0.25) is 0 Å². The molecule has 0 fully saturated rings. The van der Waals surface area contributed by atoms with E-state index in [4.69, 9.17) is 5.73 Å². The van der Waals surface area contributed by atoms with Gasteiger partial charge in [0.25, 0.3) is 5.91 Å². The summed E-state index contributed by atoms with van der Waals surface area (Å²) in [4.78, 5) is 23.2. The number of urea groups is 1. The number of rotatable bonds is 6. The molecule has 0 aliphatic carbocycles. The van der Waals surface area contributed by atoms with Crippen molar-refractivity contribution >= 4 is 27.6 Å². The van der Waals surface area contributed by atoms with Crippen LogP contribution in [0.3, 0.4) is 0 Å². The van der Waals surface area contributed by atoms with E-state index in [1.807, 2.05) is 0 Å². The van der Waals surface area contributed by atoms with Crippen LogP contribution in [0.25, 0.3) is 0 Å². The van der Waals surface area contributed by atoms with Crippen LogP contribution >= 0.6 is 0 Å². The van der Waals surface area contributed by atoms with Crippen LogP contribution in [0, 0.1) is 0 Å². The number of carbonyl (C=O) groups is 2. The lowest BCUT2D eigenvalue weighted by Crippen LogP contribution is -2.27. The molecule has 8 nitrogen and oxygen atoms in total. The Morgan fingerprint density at radius 1 is 1.04 bits per heavy atom. The second-order valence-corrected chi connectivity index (χ2v) is 7.76. The third-order valence-electron chi connectivity index (χ3n) is 3.59. The fraction of sp³-hybridized carbons (Fsp3) is 0.176. The van der Waals surface area contributed by atoms with E-state index in [1.165, 1.54) is 32.3 Å². The summed E-state index contributed by atoms with van der Waals surface area (Å²) in [5.41, 5.74) is 6.35. The van der Waals surface area contributed by atoms with Crippen LogP contribution in [0.5, 0.6) is 0 Å². The molecule has 2 rings (SSSR count). The summed E-state index contributed by atoms with van der Waals surface area (Å²) in [6.45, 7) is 0.0589. The Labute approximate surface area is 152 Å². The molecule has 9 heteroatoms. The van der Waals surface area contributed by atoms with E-state index in [1.54, 1.807) is 30.3 Å². The van der Waals surface area contributed by atoms with E-state index in [-0.39, 0.29) is 17.3 Å². The lowest BCUT2D eigenvalue weighted by atomic mass is 10.1. The van der Waals surface area contributed by atoms with Gasteiger partial charge in [-0.15, -0.1) is 0 Å². The molecule has 0 radical (unpaired) electrons. The van der Waals surface area contributed by atoms with Gasteiger partial charge in [0.15, 0.2) is 0 Å². The minimum Gasteiger partial charge on any atom is -0.351 e. The highest BCUT2D eigenvalue weighted by atomic mass is 32.2. The molecule has 0 aliphatic rings. The van der Waals surface area contributed by atoms with Gasteiger partial charge in [0, 0.05) is 31.9 Å². The Morgan fingerprint density at radius 3 is 2.23 bits per heavy atom. The average molecular weight is 376 g/mol. The van der Waals surface area contributed by atoms with Crippen molar-refractivity contribution in [1.29, 1.82) is 0 Å². The molecule has 0 aromatic heterocycles. The molecule has 0 bridgehead atoms. The summed E-state index contributed by atoms with van der Waals surface area (Å²) in [5.74, 6) is -0.368. The number of primary amides is 1. The largest absolute Gasteiger partial charge is 0.351 e. The van der Waals surface area contributed by atoms with Gasteiger partial charge in [-0.05, 0) is 35.9 Å². The number of hydrogen-bond donors (Lipinski definition) is 3. The van der Waals surface area contributed by atoms with Crippen molar-refractivity contribution in [3.8, 4) is 0 Å². The van der Waals surface area contributed by atoms with Gasteiger partial charge in [-0.25, -0.2) is 17.5 Å². The Hall–Kier alpha value is -2.91. The zero-order valence-electron chi connectivity index (χ0n) is 14.4. The van der Waals surface area contributed by atoms with Crippen molar-refractivity contribution in [2.45, 2.75) is 11.4 Å². The van der Waals surface area contributed by atoms with Crippen LogP contribution in [-0.4, -0.2) is 38.8 Å². The summed E-state index contributed by atoms with van der Waals surface area (Å²) < 4.78 is 25.8. The fourth-order valence-corrected chi connectivity index (χ4v) is 3.34. The predicted molar refractivity (Wildman–Crippen MR) is 98.1 cm³/mol. The van der Waals surface area contributed by atoms with Crippen molar-refractivity contribution in [3.05, 3.63) is 59.7 Å². The average Bonchev–Trinajstić information content (AvgIpc) is 2.60. The number of anilines is 1. The van der Waals surface area contributed by atoms with Gasteiger partial charge in [0.05, 0.1) is 4.90 Å². The molecule has 0 aliphatic heterocycles. The smallest absolute Gasteiger partial charge is 0.316 e. The maximum atomic E-state index is 12.4. The number of amides is 3. The molecule has 0 atom stereocenters. The van der Waals surface area contributed by atoms with E-state index >= 15 is 0 Å². The topological polar surface area (TPSA) is 122 Å². The third kappa shape index (κ3) is 4.58. The van der Waals surface area contributed by atoms with E-state index in [9.17, 15) is 18.0 Å². The molecule has 4 N–H and O–H groups in total. The molecule has 3 amide bonds. The van der Waals surface area contributed by atoms with Crippen LogP contribution in [0.1, 0.15) is 15.9 Å². The minimum absolute atomic E-state index is 0.0589. The predicted octanol–water partition coefficient (Wildman–Crippen LogP) is 1.36. The van der Waals surface area contributed by atoms with E-state index in [0.717, 1.165) is 4.31 Å². The fourth-order valence-electron chi connectivity index (χ4n) is 2.22. The Morgan fingerprint density at radius 2 is 1.65 bits per heavy atom. The molecule has 0 heterocycles. The first-order valence-electron chi connectivity index (χ1n) is 7.67. The van der Waals surface area contributed by atoms with Gasteiger partial charge >= 0.3 is 6.03 Å². The van der Waals surface area contributed by atoms with Crippen molar-refractivity contribution in [3.63, 3.8) is 0 Å². The van der Waals surface area contributed by atoms with Gasteiger partial charge in [-0.3, -0.25) is 4.79 Å². The van der Waals surface area contributed by atoms with Crippen molar-refractivity contribution in [2.24, 2.45) is 5.73 Å². The number of hydrogen-bond acceptors (Lipinski definition) is 4. The molecular weight excluding hydrogens is 356 g/mol. The standard InChI is InChI=1S/C17H20N4O4S/c1-21(2)26(24,25)15-6-4-3-5-13(15)11-19-16(22)12-7-9-14(10-8-12)20-17(18)23/h3-10H,11H2,1-2H3,(H,19,22)(H3,18,20,23). The van der Waals surface area contributed by atoms with E-state index in [2.05, 4.69) is 10.6 Å².